The summed E-state index contributed by atoms with van der Waals surface area (Å²) in [6, 6.07) is 7.60. The zero-order chi connectivity index (χ0) is 19.7. The van der Waals surface area contributed by atoms with E-state index in [9.17, 15) is 14.0 Å². The van der Waals surface area contributed by atoms with Crippen molar-refractivity contribution in [3.8, 4) is 0 Å². The van der Waals surface area contributed by atoms with E-state index in [4.69, 9.17) is 0 Å². The van der Waals surface area contributed by atoms with Gasteiger partial charge in [0.2, 0.25) is 5.91 Å². The second kappa shape index (κ2) is 7.41. The minimum atomic E-state index is -0.435. The second-order valence-corrected chi connectivity index (χ2v) is 6.99. The Morgan fingerprint density at radius 1 is 1.25 bits per heavy atom. The predicted molar refractivity (Wildman–Crippen MR) is 103 cm³/mol. The fourth-order valence-electron chi connectivity index (χ4n) is 3.47. The van der Waals surface area contributed by atoms with Gasteiger partial charge in [-0.2, -0.15) is 4.98 Å². The van der Waals surface area contributed by atoms with Gasteiger partial charge in [-0.05, 0) is 56.5 Å². The molecule has 4 rings (SSSR count). The minimum absolute atomic E-state index is 0.255. The van der Waals surface area contributed by atoms with Crippen molar-refractivity contribution in [2.45, 2.75) is 38.8 Å². The number of halogens is 1. The maximum Gasteiger partial charge on any atom is 0.352 e. The summed E-state index contributed by atoms with van der Waals surface area (Å²) < 4.78 is 15.3. The molecule has 1 fully saturated rings. The molecule has 28 heavy (non-hydrogen) atoms. The third-order valence-corrected chi connectivity index (χ3v) is 4.96. The SMILES string of the molecule is C[C@H]1CCCCN1c1ccn2c(=O)n(CC(=O)Nc3ccc(F)cc3)nc2n1. The van der Waals surface area contributed by atoms with E-state index in [1.165, 1.54) is 35.1 Å². The van der Waals surface area contributed by atoms with Crippen molar-refractivity contribution < 1.29 is 9.18 Å². The molecule has 0 spiro atoms. The van der Waals surface area contributed by atoms with E-state index in [1.54, 1.807) is 12.3 Å². The van der Waals surface area contributed by atoms with Crippen LogP contribution >= 0.6 is 0 Å². The smallest absolute Gasteiger partial charge is 0.352 e. The van der Waals surface area contributed by atoms with Crippen LogP contribution in [0.2, 0.25) is 0 Å². The van der Waals surface area contributed by atoms with E-state index in [0.29, 0.717) is 11.7 Å². The molecule has 1 aliphatic rings. The minimum Gasteiger partial charge on any atom is -0.354 e. The van der Waals surface area contributed by atoms with Crippen LogP contribution in [0.25, 0.3) is 5.78 Å². The Morgan fingerprint density at radius 2 is 2.04 bits per heavy atom. The normalized spacial score (nSPS) is 17.1. The Morgan fingerprint density at radius 3 is 2.79 bits per heavy atom. The molecule has 0 radical (unpaired) electrons. The van der Waals surface area contributed by atoms with Gasteiger partial charge in [0.25, 0.3) is 5.78 Å². The van der Waals surface area contributed by atoms with E-state index in [2.05, 4.69) is 27.2 Å². The summed E-state index contributed by atoms with van der Waals surface area (Å²) in [5, 5.41) is 6.81. The van der Waals surface area contributed by atoms with Crippen LogP contribution in [0.4, 0.5) is 15.9 Å². The predicted octanol–water partition coefficient (Wildman–Crippen LogP) is 2.05. The molecule has 1 atom stereocenters. The molecule has 1 saturated heterocycles. The summed E-state index contributed by atoms with van der Waals surface area (Å²) in [6.07, 6.45) is 5.07. The lowest BCUT2D eigenvalue weighted by Gasteiger charge is -2.34. The molecule has 0 unspecified atom stereocenters. The summed E-state index contributed by atoms with van der Waals surface area (Å²) in [6.45, 7) is 2.83. The molecule has 1 N–H and O–H groups in total. The van der Waals surface area contributed by atoms with Crippen molar-refractivity contribution in [1.82, 2.24) is 19.2 Å². The van der Waals surface area contributed by atoms with Gasteiger partial charge in [-0.3, -0.25) is 4.79 Å². The fraction of sp³-hybridized carbons (Fsp3) is 0.368. The summed E-state index contributed by atoms with van der Waals surface area (Å²) in [5.41, 5.74) is 0.0118. The molecule has 1 aliphatic heterocycles. The first-order valence-corrected chi connectivity index (χ1v) is 9.29. The van der Waals surface area contributed by atoms with E-state index in [-0.39, 0.29) is 18.1 Å². The number of anilines is 2. The summed E-state index contributed by atoms with van der Waals surface area (Å²) >= 11 is 0. The lowest BCUT2D eigenvalue weighted by Crippen LogP contribution is -2.38. The maximum atomic E-state index is 13.0. The highest BCUT2D eigenvalue weighted by atomic mass is 19.1. The number of benzene rings is 1. The van der Waals surface area contributed by atoms with Crippen molar-refractivity contribution in [1.29, 1.82) is 0 Å². The van der Waals surface area contributed by atoms with Crippen LogP contribution in [0, 0.1) is 5.82 Å². The van der Waals surface area contributed by atoms with Crippen LogP contribution in [0.15, 0.2) is 41.3 Å². The van der Waals surface area contributed by atoms with Gasteiger partial charge in [-0.1, -0.05) is 0 Å². The maximum absolute atomic E-state index is 13.0. The Labute approximate surface area is 160 Å². The Kier molecular flexibility index (Phi) is 4.81. The number of hydrogen-bond donors (Lipinski definition) is 1. The van der Waals surface area contributed by atoms with Gasteiger partial charge < -0.3 is 10.2 Å². The first kappa shape index (κ1) is 18.1. The lowest BCUT2D eigenvalue weighted by atomic mass is 10.0. The van der Waals surface area contributed by atoms with E-state index in [0.717, 1.165) is 29.9 Å². The Bertz CT molecular complexity index is 1060. The number of nitrogens with one attached hydrogen (secondary N) is 1. The Balaban J connectivity index is 1.54. The molecule has 3 heterocycles. The van der Waals surface area contributed by atoms with Crippen molar-refractivity contribution in [2.24, 2.45) is 0 Å². The van der Waals surface area contributed by atoms with Gasteiger partial charge in [0.1, 0.15) is 18.2 Å². The summed E-state index contributed by atoms with van der Waals surface area (Å²) in [5.74, 6) is 0.226. The highest BCUT2D eigenvalue weighted by molar-refractivity contribution is 5.90. The zero-order valence-electron chi connectivity index (χ0n) is 15.5. The quantitative estimate of drug-likeness (QED) is 0.744. The highest BCUT2D eigenvalue weighted by Crippen LogP contribution is 2.22. The summed E-state index contributed by atoms with van der Waals surface area (Å²) in [4.78, 5) is 31.4. The molecule has 8 nitrogen and oxygen atoms in total. The molecule has 3 aromatic rings. The van der Waals surface area contributed by atoms with E-state index >= 15 is 0 Å². The first-order valence-electron chi connectivity index (χ1n) is 9.29. The third-order valence-electron chi connectivity index (χ3n) is 4.96. The average molecular weight is 384 g/mol. The van der Waals surface area contributed by atoms with Gasteiger partial charge in [0, 0.05) is 24.5 Å². The second-order valence-electron chi connectivity index (χ2n) is 6.99. The van der Waals surface area contributed by atoms with Gasteiger partial charge in [0.05, 0.1) is 0 Å². The number of hydrogen-bond acceptors (Lipinski definition) is 5. The number of carbonyl (C=O) groups excluding carboxylic acids is 1. The van der Waals surface area contributed by atoms with Gasteiger partial charge in [0.15, 0.2) is 0 Å². The number of rotatable bonds is 4. The number of aromatic nitrogens is 4. The summed E-state index contributed by atoms with van der Waals surface area (Å²) in [7, 11) is 0. The van der Waals surface area contributed by atoms with Crippen LogP contribution in [-0.4, -0.2) is 37.7 Å². The lowest BCUT2D eigenvalue weighted by molar-refractivity contribution is -0.117. The van der Waals surface area contributed by atoms with Gasteiger partial charge in [-0.15, -0.1) is 5.10 Å². The molecule has 9 heteroatoms. The van der Waals surface area contributed by atoms with Crippen LogP contribution in [-0.2, 0) is 11.3 Å². The van der Waals surface area contributed by atoms with Crippen molar-refractivity contribution in [3.05, 3.63) is 52.8 Å². The molecule has 1 aromatic carbocycles. The van der Waals surface area contributed by atoms with Crippen LogP contribution in [0.5, 0.6) is 0 Å². The number of fused-ring (bicyclic) bond motifs is 1. The topological polar surface area (TPSA) is 84.5 Å². The van der Waals surface area contributed by atoms with Crippen molar-refractivity contribution >= 4 is 23.2 Å². The fourth-order valence-corrected chi connectivity index (χ4v) is 3.47. The molecular formula is C19H21FN6O2. The van der Waals surface area contributed by atoms with Crippen LogP contribution in [0.1, 0.15) is 26.2 Å². The average Bonchev–Trinajstić information content (AvgIpc) is 2.99. The molecule has 0 bridgehead atoms. The van der Waals surface area contributed by atoms with Crippen molar-refractivity contribution in [2.75, 3.05) is 16.8 Å². The standard InChI is InChI=1S/C19H21FN6O2/c1-13-4-2-3-10-24(13)16-9-11-25-18(22-16)23-26(19(25)28)12-17(27)21-15-7-5-14(20)6-8-15/h5-9,11,13H,2-4,10,12H2,1H3,(H,21,27)/t13-/m0/s1. The molecular weight excluding hydrogens is 363 g/mol. The van der Waals surface area contributed by atoms with E-state index in [1.807, 2.05) is 0 Å². The largest absolute Gasteiger partial charge is 0.354 e. The Hall–Kier alpha value is -3.23. The number of amides is 1. The van der Waals surface area contributed by atoms with Crippen molar-refractivity contribution in [3.63, 3.8) is 0 Å². The highest BCUT2D eigenvalue weighted by Gasteiger charge is 2.21. The third kappa shape index (κ3) is 3.60. The molecule has 146 valence electrons. The monoisotopic (exact) mass is 384 g/mol. The van der Waals surface area contributed by atoms with E-state index < -0.39 is 11.6 Å². The zero-order valence-corrected chi connectivity index (χ0v) is 15.5. The van der Waals surface area contributed by atoms with Crippen LogP contribution in [0.3, 0.4) is 0 Å². The van der Waals surface area contributed by atoms with Gasteiger partial charge in [-0.25, -0.2) is 18.3 Å². The van der Waals surface area contributed by atoms with Gasteiger partial charge >= 0.3 is 5.69 Å². The number of nitrogens with zero attached hydrogens (tertiary/aromatic N) is 5. The molecule has 2 aromatic heterocycles. The molecule has 1 amide bonds. The first-order chi connectivity index (χ1) is 13.5. The molecule has 0 aliphatic carbocycles. The molecule has 0 saturated carbocycles. The van der Waals surface area contributed by atoms with Crippen LogP contribution < -0.4 is 15.9 Å². The number of carbonyl (C=O) groups is 1. The number of piperidine rings is 1.